The lowest BCUT2D eigenvalue weighted by Crippen LogP contribution is -2.41. The molecule has 0 spiro atoms. The van der Waals surface area contributed by atoms with Crippen LogP contribution in [0, 0.1) is 11.6 Å². The molecule has 14 heteroatoms. The lowest BCUT2D eigenvalue weighted by atomic mass is 9.49. The lowest BCUT2D eigenvalue weighted by Gasteiger charge is -2.32. The van der Waals surface area contributed by atoms with Crippen LogP contribution in [0.5, 0.6) is 0 Å². The molecule has 0 radical (unpaired) electrons. The maximum absolute atomic E-state index is 13.9. The molecule has 4 aromatic carbocycles. The fourth-order valence-corrected chi connectivity index (χ4v) is 6.81. The Morgan fingerprint density at radius 3 is 1.25 bits per heavy atom. The van der Waals surface area contributed by atoms with Crippen LogP contribution in [0.3, 0.4) is 0 Å². The third-order valence-corrected chi connectivity index (χ3v) is 12.4. The van der Waals surface area contributed by atoms with E-state index in [4.69, 9.17) is 48.4 Å². The molecular weight excluding hydrogens is 738 g/mol. The zero-order valence-corrected chi connectivity index (χ0v) is 34.8. The van der Waals surface area contributed by atoms with Crippen LogP contribution < -0.4 is 5.46 Å². The van der Waals surface area contributed by atoms with Gasteiger partial charge in [-0.1, -0.05) is 48.0 Å². The van der Waals surface area contributed by atoms with Gasteiger partial charge in [-0.05, 0) is 119 Å². The topological polar surface area (TPSA) is 81.7 Å². The lowest BCUT2D eigenvalue weighted by molar-refractivity contribution is 0.00578. The molecule has 6 aromatic rings. The van der Waals surface area contributed by atoms with Crippen LogP contribution in [-0.4, -0.2) is 54.7 Å². The second kappa shape index (κ2) is 13.9. The molecule has 0 atom stereocenters. The molecule has 3 aliphatic rings. The first kappa shape index (κ1) is 40.8. The van der Waals surface area contributed by atoms with Gasteiger partial charge in [0.25, 0.3) is 0 Å². The van der Waals surface area contributed by atoms with E-state index in [1.54, 1.807) is 24.3 Å². The summed E-state index contributed by atoms with van der Waals surface area (Å²) in [5, 5.41) is 3.91. The summed E-state index contributed by atoms with van der Waals surface area (Å²) in [5.74, 6) is -0.698. The summed E-state index contributed by atoms with van der Waals surface area (Å²) in [6.07, 6.45) is 0. The van der Waals surface area contributed by atoms with Gasteiger partial charge < -0.3 is 36.8 Å². The van der Waals surface area contributed by atoms with Gasteiger partial charge in [-0.2, -0.15) is 0 Å². The number of rotatable bonds is 2. The van der Waals surface area contributed by atoms with Crippen LogP contribution in [0.25, 0.3) is 43.9 Å². The second-order valence-electron chi connectivity index (χ2n) is 17.7. The first-order valence-electron chi connectivity index (χ1n) is 18.9. The number of para-hydroxylation sites is 2. The van der Waals surface area contributed by atoms with Gasteiger partial charge in [0.1, 0.15) is 11.2 Å². The molecule has 56 heavy (non-hydrogen) atoms. The van der Waals surface area contributed by atoms with E-state index in [1.807, 2.05) is 119 Å². The van der Waals surface area contributed by atoms with Gasteiger partial charge in [-0.25, -0.2) is 8.78 Å². The Hall–Kier alpha value is -3.42. The SMILES string of the molecule is CC1(C)OB(B2OC(C)(C)C(C)(C)O2)OC1(C)C.CC1(C)OB(c2ccc3c(c2)oc2c(F)cccc23)OC1(C)C.Fc1cccc2c1oc1cc(Cl)ccc12. The predicted molar refractivity (Wildman–Crippen MR) is 220 cm³/mol. The van der Waals surface area contributed by atoms with Crippen molar-refractivity contribution >= 4 is 82.1 Å². The van der Waals surface area contributed by atoms with Gasteiger partial charge in [-0.15, -0.1) is 0 Å². The molecule has 3 saturated heterocycles. The maximum atomic E-state index is 13.9. The minimum atomic E-state index is -0.476. The minimum absolute atomic E-state index is 0.286. The molecule has 8 nitrogen and oxygen atoms in total. The third-order valence-electron chi connectivity index (χ3n) is 12.2. The predicted octanol–water partition coefficient (Wildman–Crippen LogP) is 10.7. The van der Waals surface area contributed by atoms with Crippen molar-refractivity contribution in [3.05, 3.63) is 89.5 Å². The van der Waals surface area contributed by atoms with Gasteiger partial charge in [0.15, 0.2) is 22.8 Å². The van der Waals surface area contributed by atoms with Crippen molar-refractivity contribution in [2.75, 3.05) is 0 Å². The van der Waals surface area contributed by atoms with E-state index in [0.29, 0.717) is 16.2 Å². The molecule has 2 aromatic heterocycles. The third kappa shape index (κ3) is 7.18. The Balaban J connectivity index is 0.000000132. The summed E-state index contributed by atoms with van der Waals surface area (Å²) in [7, 11) is -1.41. The monoisotopic (exact) mass is 786 g/mol. The molecule has 0 aliphatic carbocycles. The van der Waals surface area contributed by atoms with Crippen molar-refractivity contribution < 1.29 is 45.5 Å². The number of hydrogen-bond acceptors (Lipinski definition) is 8. The first-order chi connectivity index (χ1) is 25.9. The highest BCUT2D eigenvalue weighted by atomic mass is 35.5. The first-order valence-corrected chi connectivity index (χ1v) is 19.2. The van der Waals surface area contributed by atoms with Crippen LogP contribution in [0.1, 0.15) is 83.1 Å². The highest BCUT2D eigenvalue weighted by Crippen LogP contribution is 2.43. The normalized spacial score (nSPS) is 21.4. The molecule has 5 heterocycles. The molecule has 294 valence electrons. The van der Waals surface area contributed by atoms with E-state index in [1.165, 1.54) is 12.1 Å². The van der Waals surface area contributed by atoms with Gasteiger partial charge in [0.2, 0.25) is 0 Å². The number of halogens is 3. The van der Waals surface area contributed by atoms with E-state index in [2.05, 4.69) is 0 Å². The summed E-state index contributed by atoms with van der Waals surface area (Å²) in [6.45, 7) is 24.3. The Bertz CT molecular complexity index is 2360. The quantitative estimate of drug-likeness (QED) is 0.161. The molecule has 0 unspecified atom stereocenters. The fourth-order valence-electron chi connectivity index (χ4n) is 6.64. The van der Waals surface area contributed by atoms with E-state index in [0.717, 1.165) is 27.0 Å². The molecular formula is C42H48B3ClF2O8. The van der Waals surface area contributed by atoms with E-state index < -0.39 is 32.3 Å². The molecule has 0 bridgehead atoms. The van der Waals surface area contributed by atoms with Crippen molar-refractivity contribution in [2.24, 2.45) is 0 Å². The Kier molecular flexibility index (Phi) is 10.1. The molecule has 0 N–H and O–H groups in total. The summed E-state index contributed by atoms with van der Waals surface area (Å²) < 4.78 is 74.4. The van der Waals surface area contributed by atoms with Gasteiger partial charge in [0.05, 0.1) is 33.6 Å². The summed E-state index contributed by atoms with van der Waals surface area (Å²) in [4.78, 5) is 0. The average Bonchev–Trinajstić information content (AvgIpc) is 3.82. The van der Waals surface area contributed by atoms with E-state index in [9.17, 15) is 8.78 Å². The number of benzene rings is 4. The van der Waals surface area contributed by atoms with Crippen molar-refractivity contribution in [2.45, 2.75) is 117 Å². The van der Waals surface area contributed by atoms with Crippen LogP contribution >= 0.6 is 11.6 Å². The molecule has 3 aliphatic heterocycles. The van der Waals surface area contributed by atoms with E-state index in [-0.39, 0.29) is 45.2 Å². The zero-order chi connectivity index (χ0) is 40.8. The highest BCUT2D eigenvalue weighted by Gasteiger charge is 2.63. The minimum Gasteiger partial charge on any atom is -0.453 e. The molecule has 0 amide bonds. The summed E-state index contributed by atoms with van der Waals surface area (Å²) >= 11 is 5.83. The fraction of sp³-hybridized carbons (Fsp3) is 0.429. The van der Waals surface area contributed by atoms with Gasteiger partial charge in [0, 0.05) is 32.6 Å². The number of fused-ring (bicyclic) bond motifs is 6. The van der Waals surface area contributed by atoms with Gasteiger partial charge in [-0.3, -0.25) is 0 Å². The van der Waals surface area contributed by atoms with E-state index >= 15 is 0 Å². The average molecular weight is 787 g/mol. The Morgan fingerprint density at radius 2 is 0.821 bits per heavy atom. The van der Waals surface area contributed by atoms with Gasteiger partial charge >= 0.3 is 21.1 Å². The van der Waals surface area contributed by atoms with Crippen LogP contribution in [0.4, 0.5) is 8.78 Å². The zero-order valence-electron chi connectivity index (χ0n) is 34.1. The number of furan rings is 2. The maximum Gasteiger partial charge on any atom is 0.494 e. The van der Waals surface area contributed by atoms with Crippen LogP contribution in [0.2, 0.25) is 5.02 Å². The second-order valence-corrected chi connectivity index (χ2v) is 18.1. The standard InChI is InChI=1S/C18H18BFO3.C12H24B2O4.C12H6ClFO/c1-17(2)18(3,4)23-19(22-17)11-8-9-12-13-6-5-7-14(20)16(13)21-15(12)10-11;1-9(2)10(3,4)16-13(15-9)14-17-11(5,6)12(7,8)18-14;13-7-4-5-8-9-2-1-3-10(14)12(9)15-11(8)6-7/h5-10H,1-4H3;1-8H3;1-6H. The molecule has 3 fully saturated rings. The number of hydrogen-bond donors (Lipinski definition) is 0. The van der Waals surface area contributed by atoms with Crippen molar-refractivity contribution in [1.29, 1.82) is 0 Å². The van der Waals surface area contributed by atoms with Crippen molar-refractivity contribution in [3.8, 4) is 0 Å². The molecule has 9 rings (SSSR count). The summed E-state index contributed by atoms with van der Waals surface area (Å²) in [6, 6.07) is 20.9. The van der Waals surface area contributed by atoms with Crippen molar-refractivity contribution in [1.82, 2.24) is 0 Å². The highest BCUT2D eigenvalue weighted by molar-refractivity contribution is 7.11. The summed E-state index contributed by atoms with van der Waals surface area (Å²) in [5.41, 5.74) is 0.462. The molecule has 0 saturated carbocycles. The Labute approximate surface area is 332 Å². The van der Waals surface area contributed by atoms with Crippen LogP contribution in [-0.2, 0) is 27.9 Å². The Morgan fingerprint density at radius 1 is 0.446 bits per heavy atom. The largest absolute Gasteiger partial charge is 0.494 e. The van der Waals surface area contributed by atoms with Crippen molar-refractivity contribution in [3.63, 3.8) is 0 Å². The smallest absolute Gasteiger partial charge is 0.453 e. The van der Waals surface area contributed by atoms with Crippen LogP contribution in [0.15, 0.2) is 81.6 Å².